The highest BCUT2D eigenvalue weighted by atomic mass is 32.2. The predicted molar refractivity (Wildman–Crippen MR) is 113 cm³/mol. The zero-order valence-corrected chi connectivity index (χ0v) is 18.0. The maximum Gasteiger partial charge on any atom is 0.233 e. The SMILES string of the molecule is Cc1nc2sc3c(c2c2nnc(SCC(=O)N4CCCC(C)C4)n12)CCCC3. The smallest absolute Gasteiger partial charge is 0.233 e. The monoisotopic (exact) mass is 415 g/mol. The molecule has 8 heteroatoms. The van der Waals surface area contributed by atoms with E-state index in [0.717, 1.165) is 53.8 Å². The lowest BCUT2D eigenvalue weighted by molar-refractivity contribution is -0.130. The van der Waals surface area contributed by atoms with E-state index in [2.05, 4.69) is 17.1 Å². The summed E-state index contributed by atoms with van der Waals surface area (Å²) in [5, 5.41) is 10.9. The second-order valence-corrected chi connectivity index (χ2v) is 10.1. The highest BCUT2D eigenvalue weighted by molar-refractivity contribution is 7.99. The molecule has 4 heterocycles. The van der Waals surface area contributed by atoms with E-state index in [-0.39, 0.29) is 5.91 Å². The largest absolute Gasteiger partial charge is 0.342 e. The Labute approximate surface area is 172 Å². The van der Waals surface area contributed by atoms with E-state index < -0.39 is 0 Å². The molecule has 1 fully saturated rings. The number of hydrogen-bond donors (Lipinski definition) is 0. The number of thiophene rings is 1. The van der Waals surface area contributed by atoms with Crippen LogP contribution in [-0.2, 0) is 17.6 Å². The maximum atomic E-state index is 12.7. The average molecular weight is 416 g/mol. The van der Waals surface area contributed by atoms with E-state index in [0.29, 0.717) is 11.7 Å². The molecule has 0 radical (unpaired) electrons. The molecule has 0 spiro atoms. The zero-order valence-electron chi connectivity index (χ0n) is 16.4. The Morgan fingerprint density at radius 3 is 2.96 bits per heavy atom. The zero-order chi connectivity index (χ0) is 19.3. The van der Waals surface area contributed by atoms with Gasteiger partial charge in [-0.2, -0.15) is 0 Å². The summed E-state index contributed by atoms with van der Waals surface area (Å²) in [5.74, 6) is 2.11. The van der Waals surface area contributed by atoms with Gasteiger partial charge in [0.15, 0.2) is 10.8 Å². The highest BCUT2D eigenvalue weighted by Crippen LogP contribution is 2.38. The second-order valence-electron chi connectivity index (χ2n) is 8.07. The summed E-state index contributed by atoms with van der Waals surface area (Å²) in [6.45, 7) is 5.99. The normalized spacial score (nSPS) is 20.1. The topological polar surface area (TPSA) is 63.4 Å². The number of hydrogen-bond acceptors (Lipinski definition) is 6. The van der Waals surface area contributed by atoms with Crippen molar-refractivity contribution >= 4 is 44.9 Å². The molecule has 2 aliphatic rings. The minimum Gasteiger partial charge on any atom is -0.342 e. The Morgan fingerprint density at radius 1 is 1.25 bits per heavy atom. The van der Waals surface area contributed by atoms with Crippen LogP contribution in [0.3, 0.4) is 0 Å². The molecule has 0 aromatic carbocycles. The summed E-state index contributed by atoms with van der Waals surface area (Å²) in [6, 6.07) is 0. The number of aryl methyl sites for hydroxylation is 3. The quantitative estimate of drug-likeness (QED) is 0.608. The van der Waals surface area contributed by atoms with Crippen LogP contribution in [0.4, 0.5) is 0 Å². The number of fused-ring (bicyclic) bond motifs is 5. The summed E-state index contributed by atoms with van der Waals surface area (Å²) in [5.41, 5.74) is 2.33. The first kappa shape index (κ1) is 18.4. The number of aromatic nitrogens is 4. The third kappa shape index (κ3) is 3.10. The Kier molecular flexibility index (Phi) is 4.79. The second kappa shape index (κ2) is 7.30. The average Bonchev–Trinajstić information content (AvgIpc) is 3.27. The number of rotatable bonds is 3. The van der Waals surface area contributed by atoms with E-state index in [4.69, 9.17) is 4.98 Å². The molecule has 28 heavy (non-hydrogen) atoms. The van der Waals surface area contributed by atoms with Crippen molar-refractivity contribution in [2.24, 2.45) is 5.92 Å². The van der Waals surface area contributed by atoms with Gasteiger partial charge in [0.1, 0.15) is 10.7 Å². The fraction of sp³-hybridized carbons (Fsp3) is 0.600. The van der Waals surface area contributed by atoms with Crippen molar-refractivity contribution in [3.63, 3.8) is 0 Å². The standard InChI is InChI=1S/C20H25N5OS2/c1-12-6-5-9-24(10-12)16(26)11-27-20-23-22-18-17-14-7-3-4-8-15(14)28-19(17)21-13(2)25(18)20/h12H,3-11H2,1-2H3. The number of likely N-dealkylation sites (tertiary alicyclic amines) is 1. The molecule has 3 aromatic rings. The van der Waals surface area contributed by atoms with Crippen molar-refractivity contribution in [1.29, 1.82) is 0 Å². The third-order valence-corrected chi connectivity index (χ3v) is 8.03. The first-order chi connectivity index (χ1) is 13.6. The number of carbonyl (C=O) groups is 1. The highest BCUT2D eigenvalue weighted by Gasteiger charge is 2.24. The summed E-state index contributed by atoms with van der Waals surface area (Å²) < 4.78 is 2.04. The van der Waals surface area contributed by atoms with E-state index in [1.807, 2.05) is 27.6 Å². The van der Waals surface area contributed by atoms with Crippen LogP contribution in [0.5, 0.6) is 0 Å². The minimum absolute atomic E-state index is 0.202. The third-order valence-electron chi connectivity index (χ3n) is 5.93. The van der Waals surface area contributed by atoms with Gasteiger partial charge in [0.05, 0.1) is 11.1 Å². The van der Waals surface area contributed by atoms with Crippen LogP contribution in [-0.4, -0.2) is 49.2 Å². The van der Waals surface area contributed by atoms with Crippen LogP contribution in [0.2, 0.25) is 0 Å². The molecule has 0 N–H and O–H groups in total. The molecule has 1 aliphatic carbocycles. The Bertz CT molecular complexity index is 1060. The van der Waals surface area contributed by atoms with E-state index in [1.54, 1.807) is 0 Å². The first-order valence-corrected chi connectivity index (χ1v) is 12.0. The van der Waals surface area contributed by atoms with Gasteiger partial charge < -0.3 is 4.90 Å². The van der Waals surface area contributed by atoms with Crippen molar-refractivity contribution in [2.45, 2.75) is 57.5 Å². The van der Waals surface area contributed by atoms with Gasteiger partial charge in [-0.05, 0) is 56.9 Å². The molecule has 148 valence electrons. The lowest BCUT2D eigenvalue weighted by Gasteiger charge is -2.30. The number of amides is 1. The molecule has 1 saturated heterocycles. The van der Waals surface area contributed by atoms with Gasteiger partial charge in [0.25, 0.3) is 0 Å². The molecule has 5 rings (SSSR count). The molecule has 1 amide bonds. The van der Waals surface area contributed by atoms with Gasteiger partial charge in [0.2, 0.25) is 5.91 Å². The summed E-state index contributed by atoms with van der Waals surface area (Å²) in [7, 11) is 0. The fourth-order valence-corrected chi connectivity index (χ4v) is 6.69. The van der Waals surface area contributed by atoms with Crippen LogP contribution in [0.15, 0.2) is 5.16 Å². The summed E-state index contributed by atoms with van der Waals surface area (Å²) >= 11 is 3.30. The van der Waals surface area contributed by atoms with Crippen molar-refractivity contribution in [2.75, 3.05) is 18.8 Å². The molecule has 1 aliphatic heterocycles. The van der Waals surface area contributed by atoms with Gasteiger partial charge in [-0.1, -0.05) is 18.7 Å². The van der Waals surface area contributed by atoms with Gasteiger partial charge in [-0.15, -0.1) is 21.5 Å². The molecular formula is C20H25N5OS2. The van der Waals surface area contributed by atoms with Crippen LogP contribution in [0.1, 0.15) is 48.9 Å². The van der Waals surface area contributed by atoms with Crippen molar-refractivity contribution in [3.8, 4) is 0 Å². The van der Waals surface area contributed by atoms with Crippen LogP contribution >= 0.6 is 23.1 Å². The minimum atomic E-state index is 0.202. The van der Waals surface area contributed by atoms with E-state index >= 15 is 0 Å². The predicted octanol–water partition coefficient (Wildman–Crippen LogP) is 3.88. The lowest BCUT2D eigenvalue weighted by Crippen LogP contribution is -2.40. The van der Waals surface area contributed by atoms with Crippen molar-refractivity contribution in [1.82, 2.24) is 24.5 Å². The number of thioether (sulfide) groups is 1. The van der Waals surface area contributed by atoms with Gasteiger partial charge in [-0.25, -0.2) is 4.98 Å². The molecule has 6 nitrogen and oxygen atoms in total. The molecule has 0 bridgehead atoms. The summed E-state index contributed by atoms with van der Waals surface area (Å²) in [4.78, 5) is 22.1. The lowest BCUT2D eigenvalue weighted by atomic mass is 9.97. The van der Waals surface area contributed by atoms with Crippen LogP contribution < -0.4 is 0 Å². The van der Waals surface area contributed by atoms with Crippen LogP contribution in [0, 0.1) is 12.8 Å². The van der Waals surface area contributed by atoms with Gasteiger partial charge >= 0.3 is 0 Å². The van der Waals surface area contributed by atoms with Gasteiger partial charge in [-0.3, -0.25) is 9.20 Å². The van der Waals surface area contributed by atoms with E-state index in [9.17, 15) is 4.79 Å². The molecular weight excluding hydrogens is 390 g/mol. The Balaban J connectivity index is 1.45. The number of piperidine rings is 1. The molecule has 3 aromatic heterocycles. The fourth-order valence-electron chi connectivity index (χ4n) is 4.51. The van der Waals surface area contributed by atoms with Gasteiger partial charge in [0, 0.05) is 18.0 Å². The maximum absolute atomic E-state index is 12.7. The van der Waals surface area contributed by atoms with Crippen molar-refractivity contribution < 1.29 is 4.79 Å². The summed E-state index contributed by atoms with van der Waals surface area (Å²) in [6.07, 6.45) is 7.08. The molecule has 0 saturated carbocycles. The van der Waals surface area contributed by atoms with Crippen LogP contribution in [0.25, 0.3) is 15.9 Å². The number of carbonyl (C=O) groups excluding carboxylic acids is 1. The first-order valence-electron chi connectivity index (χ1n) is 10.2. The Hall–Kier alpha value is -1.67. The number of nitrogens with zero attached hydrogens (tertiary/aromatic N) is 5. The molecule has 1 unspecified atom stereocenters. The van der Waals surface area contributed by atoms with E-state index in [1.165, 1.54) is 46.9 Å². The van der Waals surface area contributed by atoms with Crippen molar-refractivity contribution in [3.05, 3.63) is 16.3 Å². The molecule has 1 atom stereocenters. The Morgan fingerprint density at radius 2 is 2.11 bits per heavy atom.